The molecule has 0 aromatic heterocycles. The maximum absolute atomic E-state index is 13.8. The fourth-order valence-electron chi connectivity index (χ4n) is 3.74. The minimum Gasteiger partial charge on any atom is -0.508 e. The molecule has 2 aromatic carbocycles. The number of nitrogens with one attached hydrogen (secondary N) is 1. The summed E-state index contributed by atoms with van der Waals surface area (Å²) in [5.74, 6) is -6.03. The van der Waals surface area contributed by atoms with E-state index in [0.717, 1.165) is 18.2 Å². The van der Waals surface area contributed by atoms with E-state index in [4.69, 9.17) is 0 Å². The topological polar surface area (TPSA) is 69.6 Å². The molecule has 0 saturated heterocycles. The van der Waals surface area contributed by atoms with Gasteiger partial charge in [0.15, 0.2) is 0 Å². The number of carbonyl (C=O) groups is 1. The number of hydrogen-bond donors (Lipinski definition) is 3. The van der Waals surface area contributed by atoms with Crippen LogP contribution >= 0.6 is 0 Å². The molecule has 0 radical (unpaired) electrons. The Morgan fingerprint density at radius 2 is 1.67 bits per heavy atom. The van der Waals surface area contributed by atoms with Crippen LogP contribution in [0.4, 0.5) is 32.0 Å². The Labute approximate surface area is 167 Å². The van der Waals surface area contributed by atoms with Crippen LogP contribution in [0.5, 0.6) is 5.75 Å². The number of benzene rings is 2. The summed E-state index contributed by atoms with van der Waals surface area (Å²) in [4.78, 5) is 12.4. The summed E-state index contributed by atoms with van der Waals surface area (Å²) in [6.07, 6.45) is -6.64. The number of rotatable bonds is 5. The fourth-order valence-corrected chi connectivity index (χ4v) is 3.74. The number of anilines is 1. The Morgan fingerprint density at radius 1 is 1.10 bits per heavy atom. The van der Waals surface area contributed by atoms with Crippen LogP contribution < -0.4 is 5.32 Å². The summed E-state index contributed by atoms with van der Waals surface area (Å²) in [7, 11) is 0. The first kappa shape index (κ1) is 21.9. The Balaban J connectivity index is 1.99. The number of aliphatic hydroxyl groups is 1. The number of hydrogen-bond acceptors (Lipinski definition) is 3. The first-order valence-electron chi connectivity index (χ1n) is 8.84. The standard InChI is InChI=1S/C20H17F6NO3/c1-10-8-18(10,15-7-11(21)2-3-16(15)28)9-19(30,20(24,25)26)17(29)27-14-5-12(22)4-13(23)6-14/h2-7,10,28,30H,8-9H2,1H3,(H,27,29). The van der Waals surface area contributed by atoms with Gasteiger partial charge in [-0.05, 0) is 42.7 Å². The van der Waals surface area contributed by atoms with Crippen molar-refractivity contribution in [1.82, 2.24) is 0 Å². The van der Waals surface area contributed by atoms with Crippen molar-refractivity contribution in [1.29, 1.82) is 0 Å². The SMILES string of the molecule is CC1CC1(CC(O)(C(=O)Nc1cc(F)cc(F)c1)C(F)(F)F)c1cc(F)ccc1O. The van der Waals surface area contributed by atoms with Crippen molar-refractivity contribution in [3.8, 4) is 5.75 Å². The second-order valence-corrected chi connectivity index (χ2v) is 7.57. The third-order valence-corrected chi connectivity index (χ3v) is 5.48. The van der Waals surface area contributed by atoms with Crippen molar-refractivity contribution < 1.29 is 41.4 Å². The van der Waals surface area contributed by atoms with Crippen LogP contribution in [-0.4, -0.2) is 27.9 Å². The summed E-state index contributed by atoms with van der Waals surface area (Å²) < 4.78 is 81.7. The lowest BCUT2D eigenvalue weighted by Crippen LogP contribution is -2.56. The Hall–Kier alpha value is -2.75. The van der Waals surface area contributed by atoms with Crippen LogP contribution in [0.2, 0.25) is 0 Å². The van der Waals surface area contributed by atoms with Crippen LogP contribution in [0.25, 0.3) is 0 Å². The zero-order chi connectivity index (χ0) is 22.5. The van der Waals surface area contributed by atoms with Gasteiger partial charge >= 0.3 is 6.18 Å². The van der Waals surface area contributed by atoms with Crippen molar-refractivity contribution in [2.75, 3.05) is 5.32 Å². The van der Waals surface area contributed by atoms with E-state index in [-0.39, 0.29) is 12.0 Å². The molecular formula is C20H17F6NO3. The highest BCUT2D eigenvalue weighted by Gasteiger charge is 2.67. The molecule has 0 bridgehead atoms. The lowest BCUT2D eigenvalue weighted by Gasteiger charge is -2.33. The van der Waals surface area contributed by atoms with Gasteiger partial charge in [-0.3, -0.25) is 4.79 Å². The first-order chi connectivity index (χ1) is 13.8. The quantitative estimate of drug-likeness (QED) is 0.612. The van der Waals surface area contributed by atoms with E-state index in [1.54, 1.807) is 5.32 Å². The molecule has 3 N–H and O–H groups in total. The summed E-state index contributed by atoms with van der Waals surface area (Å²) in [6, 6.07) is 4.38. The number of halogens is 6. The van der Waals surface area contributed by atoms with E-state index < -0.39 is 64.3 Å². The van der Waals surface area contributed by atoms with E-state index in [1.165, 1.54) is 6.92 Å². The highest BCUT2D eigenvalue weighted by Crippen LogP contribution is 2.61. The molecule has 10 heteroatoms. The smallest absolute Gasteiger partial charge is 0.426 e. The molecule has 0 heterocycles. The zero-order valence-corrected chi connectivity index (χ0v) is 15.5. The zero-order valence-electron chi connectivity index (χ0n) is 15.5. The van der Waals surface area contributed by atoms with Gasteiger partial charge in [-0.2, -0.15) is 13.2 Å². The summed E-state index contributed by atoms with van der Waals surface area (Å²) in [5.41, 5.74) is -6.28. The van der Waals surface area contributed by atoms with Crippen molar-refractivity contribution in [3.05, 3.63) is 59.4 Å². The summed E-state index contributed by atoms with van der Waals surface area (Å²) >= 11 is 0. The van der Waals surface area contributed by atoms with E-state index >= 15 is 0 Å². The molecule has 3 unspecified atom stereocenters. The van der Waals surface area contributed by atoms with Crippen LogP contribution in [0.15, 0.2) is 36.4 Å². The van der Waals surface area contributed by atoms with Gasteiger partial charge in [-0.1, -0.05) is 6.92 Å². The monoisotopic (exact) mass is 433 g/mol. The first-order valence-corrected chi connectivity index (χ1v) is 8.84. The Bertz CT molecular complexity index is 975. The molecule has 1 fully saturated rings. The third kappa shape index (κ3) is 3.83. The van der Waals surface area contributed by atoms with E-state index in [2.05, 4.69) is 0 Å². The maximum atomic E-state index is 13.8. The van der Waals surface area contributed by atoms with E-state index in [9.17, 15) is 41.4 Å². The second kappa shape index (κ2) is 7.19. The molecule has 1 amide bonds. The van der Waals surface area contributed by atoms with Gasteiger partial charge in [-0.25, -0.2) is 13.2 Å². The van der Waals surface area contributed by atoms with Gasteiger partial charge in [0.2, 0.25) is 5.60 Å². The predicted octanol–water partition coefficient (Wildman–Crippen LogP) is 4.41. The Kier molecular flexibility index (Phi) is 5.26. The average Bonchev–Trinajstić information content (AvgIpc) is 3.24. The molecule has 162 valence electrons. The van der Waals surface area contributed by atoms with Crippen LogP contribution in [0, 0.1) is 23.4 Å². The third-order valence-electron chi connectivity index (χ3n) is 5.48. The van der Waals surface area contributed by atoms with Gasteiger partial charge in [0.05, 0.1) is 0 Å². The number of phenols is 1. The minimum atomic E-state index is -5.47. The van der Waals surface area contributed by atoms with Crippen molar-refractivity contribution in [2.24, 2.45) is 5.92 Å². The van der Waals surface area contributed by atoms with Crippen LogP contribution in [0.1, 0.15) is 25.3 Å². The van der Waals surface area contributed by atoms with Gasteiger partial charge in [-0.15, -0.1) is 0 Å². The molecule has 4 nitrogen and oxygen atoms in total. The molecule has 2 aromatic rings. The van der Waals surface area contributed by atoms with E-state index in [0.29, 0.717) is 18.2 Å². The second-order valence-electron chi connectivity index (χ2n) is 7.57. The number of phenolic OH excluding ortho intramolecular Hbond substituents is 1. The van der Waals surface area contributed by atoms with Gasteiger partial charge in [0.1, 0.15) is 23.2 Å². The lowest BCUT2D eigenvalue weighted by molar-refractivity contribution is -0.253. The Morgan fingerprint density at radius 3 is 2.17 bits per heavy atom. The molecule has 0 spiro atoms. The van der Waals surface area contributed by atoms with Crippen molar-refractivity contribution >= 4 is 11.6 Å². The van der Waals surface area contributed by atoms with Gasteiger partial charge in [0.25, 0.3) is 5.91 Å². The van der Waals surface area contributed by atoms with Crippen LogP contribution in [0.3, 0.4) is 0 Å². The molecule has 3 rings (SSSR count). The number of alkyl halides is 3. The molecule has 0 aliphatic heterocycles. The minimum absolute atomic E-state index is 0.0459. The van der Waals surface area contributed by atoms with Gasteiger partial charge < -0.3 is 15.5 Å². The highest BCUT2D eigenvalue weighted by molar-refractivity contribution is 5.98. The molecule has 1 aliphatic rings. The average molecular weight is 433 g/mol. The molecule has 30 heavy (non-hydrogen) atoms. The lowest BCUT2D eigenvalue weighted by atomic mass is 9.80. The molecular weight excluding hydrogens is 416 g/mol. The van der Waals surface area contributed by atoms with E-state index in [1.807, 2.05) is 0 Å². The molecule has 1 saturated carbocycles. The largest absolute Gasteiger partial charge is 0.508 e. The van der Waals surface area contributed by atoms with Gasteiger partial charge in [0, 0.05) is 29.2 Å². The summed E-state index contributed by atoms with van der Waals surface area (Å²) in [6.45, 7) is 1.53. The fraction of sp³-hybridized carbons (Fsp3) is 0.350. The number of aromatic hydroxyl groups is 1. The van der Waals surface area contributed by atoms with Crippen molar-refractivity contribution in [3.63, 3.8) is 0 Å². The molecule has 1 aliphatic carbocycles. The van der Waals surface area contributed by atoms with Crippen molar-refractivity contribution in [2.45, 2.75) is 37.0 Å². The predicted molar refractivity (Wildman–Crippen MR) is 94.1 cm³/mol. The number of carbonyl (C=O) groups excluding carboxylic acids is 1. The molecule has 3 atom stereocenters. The highest BCUT2D eigenvalue weighted by atomic mass is 19.4. The number of amides is 1. The maximum Gasteiger partial charge on any atom is 0.426 e. The van der Waals surface area contributed by atoms with Crippen LogP contribution in [-0.2, 0) is 10.2 Å². The summed E-state index contributed by atoms with van der Waals surface area (Å²) in [5, 5.41) is 22.2. The normalized spacial score (nSPS) is 23.0.